The largest absolute Gasteiger partial charge is 0.423 e. The summed E-state index contributed by atoms with van der Waals surface area (Å²) in [7, 11) is 0. The molecule has 0 atom stereocenters. The highest BCUT2D eigenvalue weighted by molar-refractivity contribution is 5.93. The minimum atomic E-state index is -0.488. The van der Waals surface area contributed by atoms with Gasteiger partial charge in [-0.2, -0.15) is 10.2 Å². The lowest BCUT2D eigenvalue weighted by Crippen LogP contribution is -2.08. The molecule has 7 heteroatoms. The molecule has 0 fully saturated rings. The predicted octanol–water partition coefficient (Wildman–Crippen LogP) is 15.7. The van der Waals surface area contributed by atoms with Gasteiger partial charge >= 0.3 is 11.9 Å². The van der Waals surface area contributed by atoms with Crippen LogP contribution in [0.15, 0.2) is 137 Å². The summed E-state index contributed by atoms with van der Waals surface area (Å²) >= 11 is 0. The highest BCUT2D eigenvalue weighted by Gasteiger charge is 2.11. The van der Waals surface area contributed by atoms with Crippen molar-refractivity contribution in [2.45, 2.75) is 129 Å². The van der Waals surface area contributed by atoms with E-state index in [1.54, 1.807) is 60.8 Å². The molecule has 0 aromatic heterocycles. The summed E-state index contributed by atoms with van der Waals surface area (Å²) in [5.41, 5.74) is 6.35. The van der Waals surface area contributed by atoms with E-state index in [1.807, 2.05) is 54.6 Å². The summed E-state index contributed by atoms with van der Waals surface area (Å²) in [5.74, 6) is -0.0179. The van der Waals surface area contributed by atoms with Crippen LogP contribution < -0.4 is 9.47 Å². The maximum atomic E-state index is 13.0. The molecule has 0 aliphatic carbocycles. The zero-order valence-corrected chi connectivity index (χ0v) is 35.8. The monoisotopic (exact) mass is 805 g/mol. The Morgan fingerprint density at radius 3 is 1.40 bits per heavy atom. The molecule has 0 unspecified atom stereocenters. The number of benzene rings is 5. The van der Waals surface area contributed by atoms with Crippen LogP contribution in [0.2, 0.25) is 0 Å². The van der Waals surface area contributed by atoms with Crippen molar-refractivity contribution < 1.29 is 19.1 Å². The molecule has 0 aliphatic heterocycles. The first-order valence-electron chi connectivity index (χ1n) is 22.4. The molecule has 5 aromatic rings. The van der Waals surface area contributed by atoms with Gasteiger partial charge in [0, 0.05) is 6.21 Å². The molecule has 0 N–H and O–H groups in total. The van der Waals surface area contributed by atoms with E-state index >= 15 is 0 Å². The van der Waals surface area contributed by atoms with Crippen LogP contribution in [0.1, 0.15) is 154 Å². The summed E-state index contributed by atoms with van der Waals surface area (Å²) in [4.78, 5) is 30.3. The number of aryl methyl sites for hydroxylation is 2. The normalized spacial score (nSPS) is 11.4. The molecular weight excluding hydrogens is 743 g/mol. The van der Waals surface area contributed by atoms with E-state index in [-0.39, 0.29) is 0 Å². The number of unbranched alkanes of at least 4 members (excludes halogenated alkanes) is 14. The lowest BCUT2D eigenvalue weighted by molar-refractivity contribution is 0.0725. The molecule has 0 bridgehead atoms. The highest BCUT2D eigenvalue weighted by Crippen LogP contribution is 2.24. The van der Waals surface area contributed by atoms with Crippen molar-refractivity contribution in [1.29, 1.82) is 0 Å². The van der Waals surface area contributed by atoms with Gasteiger partial charge in [-0.15, -0.1) is 0 Å². The van der Waals surface area contributed by atoms with Gasteiger partial charge in [-0.1, -0.05) is 134 Å². The molecule has 0 radical (unpaired) electrons. The molecule has 0 heterocycles. The summed E-state index contributed by atoms with van der Waals surface area (Å²) in [5, 5.41) is 8.75. The smallest absolute Gasteiger partial charge is 0.343 e. The lowest BCUT2D eigenvalue weighted by atomic mass is 10.0. The van der Waals surface area contributed by atoms with E-state index < -0.39 is 11.9 Å². The number of nitrogens with zero attached hydrogens (tertiary/aromatic N) is 3. The number of aliphatic imine (C=N–C) groups is 1. The standard InChI is InChI=1S/C53H63N3O4/c1-3-5-7-9-11-12-13-14-16-18-21-43-26-32-47(33-27-43)55-56-48-34-38-51(39-35-48)60-53(58)46-22-19-23-49(40-46)54-41-44-28-36-50(37-29-44)59-52(57)45-30-24-42(25-31-45)20-17-15-10-8-6-4-2/h19,22-41H,3-18,20-21H2,1-2H3. The highest BCUT2D eigenvalue weighted by atomic mass is 16.5. The average molecular weight is 806 g/mol. The Balaban J connectivity index is 1.01. The molecule has 0 aliphatic rings. The number of hydrogen-bond acceptors (Lipinski definition) is 7. The van der Waals surface area contributed by atoms with E-state index in [1.165, 1.54) is 114 Å². The Kier molecular flexibility index (Phi) is 20.0. The van der Waals surface area contributed by atoms with Crippen molar-refractivity contribution in [3.8, 4) is 11.5 Å². The molecule has 0 spiro atoms. The maximum absolute atomic E-state index is 13.0. The van der Waals surface area contributed by atoms with Crippen LogP contribution in [0, 0.1) is 0 Å². The van der Waals surface area contributed by atoms with Crippen LogP contribution in [0.5, 0.6) is 11.5 Å². The number of azo groups is 1. The first-order valence-corrected chi connectivity index (χ1v) is 22.4. The fourth-order valence-corrected chi connectivity index (χ4v) is 6.98. The van der Waals surface area contributed by atoms with Gasteiger partial charge in [0.05, 0.1) is 28.2 Å². The fourth-order valence-electron chi connectivity index (χ4n) is 6.98. The van der Waals surface area contributed by atoms with E-state index in [0.717, 1.165) is 24.1 Å². The van der Waals surface area contributed by atoms with E-state index in [0.29, 0.717) is 34.0 Å². The topological polar surface area (TPSA) is 89.7 Å². The maximum Gasteiger partial charge on any atom is 0.343 e. The summed E-state index contributed by atoms with van der Waals surface area (Å²) in [6, 6.07) is 37.0. The first kappa shape index (κ1) is 45.4. The number of rotatable bonds is 26. The molecule has 5 rings (SSSR count). The molecule has 0 saturated carbocycles. The van der Waals surface area contributed by atoms with Gasteiger partial charge < -0.3 is 9.47 Å². The predicted molar refractivity (Wildman–Crippen MR) is 246 cm³/mol. The number of carbonyl (C=O) groups excluding carboxylic acids is 2. The third-order valence-corrected chi connectivity index (χ3v) is 10.6. The molecule has 7 nitrogen and oxygen atoms in total. The first-order chi connectivity index (χ1) is 29.5. The van der Waals surface area contributed by atoms with Crippen molar-refractivity contribution in [1.82, 2.24) is 0 Å². The van der Waals surface area contributed by atoms with Gasteiger partial charge in [-0.3, -0.25) is 4.99 Å². The number of esters is 2. The third-order valence-electron chi connectivity index (χ3n) is 10.6. The van der Waals surface area contributed by atoms with Gasteiger partial charge in [0.25, 0.3) is 0 Å². The van der Waals surface area contributed by atoms with Crippen molar-refractivity contribution in [3.05, 3.63) is 149 Å². The summed E-state index contributed by atoms with van der Waals surface area (Å²) in [6.45, 7) is 4.50. The molecule has 314 valence electrons. The van der Waals surface area contributed by atoms with Gasteiger partial charge in [0.2, 0.25) is 0 Å². The van der Waals surface area contributed by atoms with Crippen molar-refractivity contribution in [2.75, 3.05) is 0 Å². The van der Waals surface area contributed by atoms with Gasteiger partial charge in [-0.05, 0) is 133 Å². The molecule has 60 heavy (non-hydrogen) atoms. The van der Waals surface area contributed by atoms with Crippen LogP contribution >= 0.6 is 0 Å². The van der Waals surface area contributed by atoms with Crippen LogP contribution in [-0.2, 0) is 12.8 Å². The summed E-state index contributed by atoms with van der Waals surface area (Å²) in [6.07, 6.45) is 24.8. The van der Waals surface area contributed by atoms with Crippen LogP contribution in [0.25, 0.3) is 0 Å². The van der Waals surface area contributed by atoms with Crippen molar-refractivity contribution in [2.24, 2.45) is 15.2 Å². The zero-order valence-electron chi connectivity index (χ0n) is 35.8. The Bertz CT molecular complexity index is 2050. The Morgan fingerprint density at radius 1 is 0.450 bits per heavy atom. The summed E-state index contributed by atoms with van der Waals surface area (Å²) < 4.78 is 11.2. The minimum absolute atomic E-state index is 0.378. The minimum Gasteiger partial charge on any atom is -0.423 e. The lowest BCUT2D eigenvalue weighted by Gasteiger charge is -2.06. The number of ether oxygens (including phenoxy) is 2. The van der Waals surface area contributed by atoms with Gasteiger partial charge in [-0.25, -0.2) is 9.59 Å². The average Bonchev–Trinajstić information content (AvgIpc) is 3.28. The SMILES string of the molecule is CCCCCCCCCCCCc1ccc(N=Nc2ccc(OC(=O)c3cccc(N=Cc4ccc(OC(=O)c5ccc(CCCCCCCC)cc5)cc4)c3)cc2)cc1. The van der Waals surface area contributed by atoms with Crippen LogP contribution in [0.4, 0.5) is 17.1 Å². The zero-order chi connectivity index (χ0) is 42.0. The van der Waals surface area contributed by atoms with Crippen LogP contribution in [-0.4, -0.2) is 18.2 Å². The molecular formula is C53H63N3O4. The number of hydrogen-bond donors (Lipinski definition) is 0. The van der Waals surface area contributed by atoms with Crippen molar-refractivity contribution in [3.63, 3.8) is 0 Å². The Labute approximate surface area is 358 Å². The fraction of sp³-hybridized carbons (Fsp3) is 0.377. The second-order valence-electron chi connectivity index (χ2n) is 15.7. The van der Waals surface area contributed by atoms with E-state index in [9.17, 15) is 9.59 Å². The quantitative estimate of drug-likeness (QED) is 0.0183. The molecule has 5 aromatic carbocycles. The van der Waals surface area contributed by atoms with Crippen LogP contribution in [0.3, 0.4) is 0 Å². The van der Waals surface area contributed by atoms with E-state index in [2.05, 4.69) is 41.2 Å². The van der Waals surface area contributed by atoms with Crippen molar-refractivity contribution >= 4 is 35.2 Å². The molecule has 0 saturated heterocycles. The molecule has 0 amide bonds. The Hall–Kier alpha value is -5.69. The second-order valence-corrected chi connectivity index (χ2v) is 15.7. The second kappa shape index (κ2) is 26.4. The Morgan fingerprint density at radius 2 is 0.883 bits per heavy atom. The van der Waals surface area contributed by atoms with Gasteiger partial charge in [0.1, 0.15) is 11.5 Å². The van der Waals surface area contributed by atoms with E-state index in [4.69, 9.17) is 9.47 Å². The van der Waals surface area contributed by atoms with Gasteiger partial charge in [0.15, 0.2) is 0 Å². The number of carbonyl (C=O) groups is 2. The third kappa shape index (κ3) is 16.9.